The van der Waals surface area contributed by atoms with Gasteiger partial charge in [0.05, 0.1) is 31.6 Å². The number of carboxylic acids is 1. The minimum absolute atomic E-state index is 0. The minimum Gasteiger partial charge on any atom is -0.548 e. The first-order valence-corrected chi connectivity index (χ1v) is 9.30. The molecule has 1 rings (SSSR count). The van der Waals surface area contributed by atoms with E-state index in [1.54, 1.807) is 0 Å². The third kappa shape index (κ3) is 12.3. The van der Waals surface area contributed by atoms with Crippen LogP contribution < -0.4 is 34.7 Å². The van der Waals surface area contributed by atoms with Crippen LogP contribution in [-0.2, 0) is 9.53 Å². The summed E-state index contributed by atoms with van der Waals surface area (Å²) in [6, 6.07) is 0. The van der Waals surface area contributed by atoms with Gasteiger partial charge in [-0.2, -0.15) is 0 Å². The quantitative estimate of drug-likeness (QED) is 0.293. The fourth-order valence-corrected chi connectivity index (χ4v) is 2.93. The van der Waals surface area contributed by atoms with Crippen molar-refractivity contribution in [2.45, 2.75) is 71.1 Å². The Kier molecular flexibility index (Phi) is 16.3. The number of carbonyl (C=O) groups excluding carboxylic acids is 1. The van der Waals surface area contributed by atoms with Crippen LogP contribution in [-0.4, -0.2) is 49.6 Å². The monoisotopic (exact) mass is 348 g/mol. The first kappa shape index (κ1) is 23.9. The number of nitrogens with zero attached hydrogens (tertiary/aromatic N) is 2. The largest absolute Gasteiger partial charge is 1.00 e. The Hall–Kier alpha value is -0.100. The van der Waals surface area contributed by atoms with E-state index in [0.717, 1.165) is 26.1 Å². The van der Waals surface area contributed by atoms with Gasteiger partial charge < -0.3 is 19.5 Å². The average molecular weight is 348 g/mol. The molecule has 0 aromatic heterocycles. The van der Waals surface area contributed by atoms with Crippen molar-refractivity contribution in [2.75, 3.05) is 32.8 Å². The molecule has 0 saturated carbocycles. The molecule has 0 saturated heterocycles. The van der Waals surface area contributed by atoms with Gasteiger partial charge in [0.1, 0.15) is 0 Å². The van der Waals surface area contributed by atoms with Crippen LogP contribution >= 0.6 is 0 Å². The summed E-state index contributed by atoms with van der Waals surface area (Å²) in [6.07, 6.45) is 13.1. The maximum absolute atomic E-state index is 10.3. The SMILES string of the molecule is CCCCCCCCCCCC1=NCCN1CCOCC(=O)[O-].[Na+]. The predicted molar refractivity (Wildman–Crippen MR) is 91.5 cm³/mol. The Morgan fingerprint density at radius 3 is 2.38 bits per heavy atom. The molecule has 134 valence electrons. The van der Waals surface area contributed by atoms with Crippen LogP contribution in [0.2, 0.25) is 0 Å². The predicted octanol–water partition coefficient (Wildman–Crippen LogP) is -0.608. The van der Waals surface area contributed by atoms with Crippen LogP contribution in [0.15, 0.2) is 4.99 Å². The summed E-state index contributed by atoms with van der Waals surface area (Å²) < 4.78 is 5.04. The number of unbranched alkanes of at least 4 members (excludes halogenated alkanes) is 8. The van der Waals surface area contributed by atoms with E-state index in [0.29, 0.717) is 6.61 Å². The van der Waals surface area contributed by atoms with Crippen molar-refractivity contribution in [3.63, 3.8) is 0 Å². The first-order chi connectivity index (χ1) is 11.2. The Bertz CT molecular complexity index is 351. The van der Waals surface area contributed by atoms with Crippen molar-refractivity contribution in [3.8, 4) is 0 Å². The Balaban J connectivity index is 0.00000529. The second kappa shape index (κ2) is 16.4. The van der Waals surface area contributed by atoms with Crippen LogP contribution in [0.5, 0.6) is 0 Å². The topological polar surface area (TPSA) is 65.0 Å². The molecule has 24 heavy (non-hydrogen) atoms. The van der Waals surface area contributed by atoms with Crippen molar-refractivity contribution >= 4 is 11.8 Å². The molecule has 0 atom stereocenters. The van der Waals surface area contributed by atoms with E-state index in [1.165, 1.54) is 63.6 Å². The molecule has 0 fully saturated rings. The van der Waals surface area contributed by atoms with Crippen LogP contribution in [0.4, 0.5) is 0 Å². The number of aliphatic carboxylic acids is 1. The van der Waals surface area contributed by atoms with Crippen LogP contribution in [0.25, 0.3) is 0 Å². The van der Waals surface area contributed by atoms with Crippen molar-refractivity contribution in [2.24, 2.45) is 4.99 Å². The van der Waals surface area contributed by atoms with Gasteiger partial charge in [-0.25, -0.2) is 0 Å². The van der Waals surface area contributed by atoms with E-state index in [-0.39, 0.29) is 36.2 Å². The van der Waals surface area contributed by atoms with Crippen LogP contribution in [0.3, 0.4) is 0 Å². The Morgan fingerprint density at radius 1 is 1.12 bits per heavy atom. The van der Waals surface area contributed by atoms with E-state index in [4.69, 9.17) is 4.74 Å². The molecule has 0 unspecified atom stereocenters. The smallest absolute Gasteiger partial charge is 0.548 e. The maximum atomic E-state index is 10.3. The van der Waals surface area contributed by atoms with Crippen molar-refractivity contribution in [3.05, 3.63) is 0 Å². The van der Waals surface area contributed by atoms with Crippen LogP contribution in [0.1, 0.15) is 71.1 Å². The van der Waals surface area contributed by atoms with E-state index < -0.39 is 5.97 Å². The van der Waals surface area contributed by atoms with Gasteiger partial charge in [-0.05, 0) is 6.42 Å². The van der Waals surface area contributed by atoms with E-state index in [2.05, 4.69) is 16.8 Å². The van der Waals surface area contributed by atoms with Gasteiger partial charge in [0, 0.05) is 19.5 Å². The molecular weight excluding hydrogens is 315 g/mol. The number of amidine groups is 1. The summed E-state index contributed by atoms with van der Waals surface area (Å²) in [5.41, 5.74) is 0. The average Bonchev–Trinajstić information content (AvgIpc) is 2.97. The summed E-state index contributed by atoms with van der Waals surface area (Å²) in [5, 5.41) is 10.3. The number of carboxylic acid groups (broad SMARTS) is 1. The maximum Gasteiger partial charge on any atom is 1.00 e. The van der Waals surface area contributed by atoms with E-state index >= 15 is 0 Å². The zero-order chi connectivity index (χ0) is 16.8. The fraction of sp³-hybridized carbons (Fsp3) is 0.889. The minimum atomic E-state index is -1.16. The molecule has 5 nitrogen and oxygen atoms in total. The Morgan fingerprint density at radius 2 is 1.75 bits per heavy atom. The molecule has 0 amide bonds. The molecule has 0 aliphatic carbocycles. The van der Waals surface area contributed by atoms with Gasteiger partial charge in [-0.3, -0.25) is 4.99 Å². The number of ether oxygens (including phenoxy) is 1. The van der Waals surface area contributed by atoms with Crippen LogP contribution in [0, 0.1) is 0 Å². The number of carbonyl (C=O) groups is 1. The standard InChI is InChI=1S/C18H34N2O3.Na/c1-2-3-4-5-6-7-8-9-10-11-17-19-12-13-20(17)14-15-23-16-18(21)22;/h2-16H2,1H3,(H,21,22);/q;+1/p-1. The Labute approximate surface area is 169 Å². The van der Waals surface area contributed by atoms with Gasteiger partial charge in [-0.15, -0.1) is 0 Å². The zero-order valence-electron chi connectivity index (χ0n) is 15.7. The molecule has 0 radical (unpaired) electrons. The van der Waals surface area contributed by atoms with Gasteiger partial charge in [0.25, 0.3) is 0 Å². The van der Waals surface area contributed by atoms with Crippen molar-refractivity contribution in [1.82, 2.24) is 4.90 Å². The summed E-state index contributed by atoms with van der Waals surface area (Å²) in [4.78, 5) is 17.1. The number of hydrogen-bond acceptors (Lipinski definition) is 5. The summed E-state index contributed by atoms with van der Waals surface area (Å²) >= 11 is 0. The van der Waals surface area contributed by atoms with Gasteiger partial charge in [0.15, 0.2) is 0 Å². The molecule has 1 aliphatic rings. The van der Waals surface area contributed by atoms with Gasteiger partial charge >= 0.3 is 29.6 Å². The third-order valence-electron chi connectivity index (χ3n) is 4.26. The molecule has 1 aliphatic heterocycles. The molecule has 0 aromatic carbocycles. The van der Waals surface area contributed by atoms with E-state index in [1.807, 2.05) is 0 Å². The van der Waals surface area contributed by atoms with Gasteiger partial charge in [-0.1, -0.05) is 58.3 Å². The number of rotatable bonds is 15. The van der Waals surface area contributed by atoms with Gasteiger partial charge in [0.2, 0.25) is 0 Å². The fourth-order valence-electron chi connectivity index (χ4n) is 2.93. The molecule has 0 spiro atoms. The number of hydrogen-bond donors (Lipinski definition) is 0. The van der Waals surface area contributed by atoms with Crippen molar-refractivity contribution in [1.29, 1.82) is 0 Å². The zero-order valence-corrected chi connectivity index (χ0v) is 17.7. The second-order valence-electron chi connectivity index (χ2n) is 6.29. The van der Waals surface area contributed by atoms with Crippen molar-refractivity contribution < 1.29 is 44.2 Å². The molecular formula is C18H33N2NaO3. The molecule has 0 bridgehead atoms. The molecule has 6 heteroatoms. The van der Waals surface area contributed by atoms with E-state index in [9.17, 15) is 9.90 Å². The first-order valence-electron chi connectivity index (χ1n) is 9.30. The number of aliphatic imine (C=N–C) groups is 1. The summed E-state index contributed by atoms with van der Waals surface area (Å²) in [7, 11) is 0. The molecule has 0 N–H and O–H groups in total. The summed E-state index contributed by atoms with van der Waals surface area (Å²) in [6.45, 7) is 4.87. The normalized spacial score (nSPS) is 13.7. The molecule has 1 heterocycles. The third-order valence-corrected chi connectivity index (χ3v) is 4.26. The second-order valence-corrected chi connectivity index (χ2v) is 6.29. The summed E-state index contributed by atoms with van der Waals surface area (Å²) in [5.74, 6) is 0.0139. The molecule has 0 aromatic rings.